The van der Waals surface area contributed by atoms with E-state index >= 15 is 0 Å². The van der Waals surface area contributed by atoms with E-state index in [0.29, 0.717) is 10.7 Å². The zero-order chi connectivity index (χ0) is 12.0. The molecule has 1 aromatic carbocycles. The Morgan fingerprint density at radius 3 is 2.94 bits per heavy atom. The quantitative estimate of drug-likeness (QED) is 0.799. The molecule has 0 fully saturated rings. The summed E-state index contributed by atoms with van der Waals surface area (Å²) in [5.41, 5.74) is 1.57. The normalized spacial score (nSPS) is 17.9. The minimum atomic E-state index is -0.261. The van der Waals surface area contributed by atoms with Gasteiger partial charge in [-0.1, -0.05) is 11.6 Å². The van der Waals surface area contributed by atoms with Gasteiger partial charge in [-0.15, -0.1) is 11.3 Å². The summed E-state index contributed by atoms with van der Waals surface area (Å²) in [5, 5.41) is 3.70. The zero-order valence-corrected chi connectivity index (χ0v) is 10.8. The molecule has 0 spiro atoms. The Labute approximate surface area is 108 Å². The molecule has 0 bridgehead atoms. The van der Waals surface area contributed by atoms with Crippen LogP contribution in [0.4, 0.5) is 10.1 Å². The van der Waals surface area contributed by atoms with E-state index in [0.717, 1.165) is 12.0 Å². The van der Waals surface area contributed by atoms with E-state index in [1.807, 2.05) is 6.07 Å². The van der Waals surface area contributed by atoms with Crippen molar-refractivity contribution in [1.29, 1.82) is 0 Å². The van der Waals surface area contributed by atoms with Gasteiger partial charge in [0.05, 0.1) is 11.7 Å². The molecule has 1 aliphatic rings. The first-order chi connectivity index (χ1) is 8.13. The lowest BCUT2D eigenvalue weighted by atomic mass is 10.1. The highest BCUT2D eigenvalue weighted by molar-refractivity contribution is 7.12. The second kappa shape index (κ2) is 4.00. The van der Waals surface area contributed by atoms with Gasteiger partial charge in [0.1, 0.15) is 5.82 Å². The van der Waals surface area contributed by atoms with Crippen LogP contribution in [0.15, 0.2) is 24.3 Å². The summed E-state index contributed by atoms with van der Waals surface area (Å²) in [6.07, 6.45) is 0.798. The Bertz CT molecular complexity index is 579. The number of anilines is 1. The van der Waals surface area contributed by atoms with Crippen LogP contribution in [0.1, 0.15) is 21.4 Å². The fourth-order valence-electron chi connectivity index (χ4n) is 2.21. The lowest BCUT2D eigenvalue weighted by Gasteiger charge is -2.08. The topological polar surface area (TPSA) is 12.0 Å². The van der Waals surface area contributed by atoms with E-state index in [2.05, 4.69) is 24.4 Å². The number of thiophene rings is 1. The molecule has 0 saturated carbocycles. The van der Waals surface area contributed by atoms with Gasteiger partial charge in [-0.25, -0.2) is 4.39 Å². The van der Waals surface area contributed by atoms with E-state index in [1.165, 1.54) is 15.8 Å². The highest BCUT2D eigenvalue weighted by Gasteiger charge is 2.26. The van der Waals surface area contributed by atoms with Crippen molar-refractivity contribution in [2.24, 2.45) is 0 Å². The number of hydrogen-bond acceptors (Lipinski definition) is 2. The van der Waals surface area contributed by atoms with Gasteiger partial charge in [-0.05, 0) is 43.2 Å². The molecular weight excluding hydrogens is 257 g/mol. The summed E-state index contributed by atoms with van der Waals surface area (Å²) in [6.45, 7) is 2.08. The van der Waals surface area contributed by atoms with Gasteiger partial charge in [-0.2, -0.15) is 0 Å². The molecule has 3 rings (SSSR count). The average Bonchev–Trinajstić information content (AvgIpc) is 2.83. The Balaban J connectivity index is 1.95. The van der Waals surface area contributed by atoms with Gasteiger partial charge >= 0.3 is 0 Å². The van der Waals surface area contributed by atoms with E-state index in [1.54, 1.807) is 11.3 Å². The Hall–Kier alpha value is -1.06. The molecular formula is C13H11ClFNS. The van der Waals surface area contributed by atoms with E-state index in [4.69, 9.17) is 11.6 Å². The first-order valence-electron chi connectivity index (χ1n) is 5.44. The maximum Gasteiger partial charge on any atom is 0.148 e. The number of fused-ring (bicyclic) bond motifs is 1. The van der Waals surface area contributed by atoms with Crippen molar-refractivity contribution in [2.45, 2.75) is 19.4 Å². The predicted octanol–water partition coefficient (Wildman–Crippen LogP) is 4.56. The molecule has 1 N–H and O–H groups in total. The number of hydrogen-bond donors (Lipinski definition) is 1. The molecule has 0 radical (unpaired) electrons. The largest absolute Gasteiger partial charge is 0.374 e. The van der Waals surface area contributed by atoms with Crippen molar-refractivity contribution in [3.8, 4) is 0 Å². The fraction of sp³-hybridized carbons (Fsp3) is 0.231. The molecule has 1 unspecified atom stereocenters. The van der Waals surface area contributed by atoms with Crippen LogP contribution < -0.4 is 5.32 Å². The second-order valence-corrected chi connectivity index (χ2v) is 6.03. The van der Waals surface area contributed by atoms with Crippen molar-refractivity contribution in [1.82, 2.24) is 0 Å². The van der Waals surface area contributed by atoms with Gasteiger partial charge in [-0.3, -0.25) is 0 Å². The van der Waals surface area contributed by atoms with Crippen molar-refractivity contribution < 1.29 is 4.39 Å². The molecule has 1 atom stereocenters. The number of nitrogens with one attached hydrogen (secondary N) is 1. The van der Waals surface area contributed by atoms with Crippen molar-refractivity contribution in [3.05, 3.63) is 50.4 Å². The third-order valence-electron chi connectivity index (χ3n) is 2.98. The van der Waals surface area contributed by atoms with E-state index < -0.39 is 0 Å². The van der Waals surface area contributed by atoms with E-state index in [9.17, 15) is 4.39 Å². The van der Waals surface area contributed by atoms with Gasteiger partial charge < -0.3 is 5.32 Å². The molecule has 2 aromatic rings. The smallest absolute Gasteiger partial charge is 0.148 e. The summed E-state index contributed by atoms with van der Waals surface area (Å²) in [5.74, 6) is -0.261. The fourth-order valence-corrected chi connectivity index (χ4v) is 3.36. The van der Waals surface area contributed by atoms with Crippen LogP contribution in [-0.4, -0.2) is 0 Å². The SMILES string of the molecule is Cc1ccc(C2Cc3cc(Cl)cc(F)c3N2)s1. The number of rotatable bonds is 1. The molecule has 2 heterocycles. The maximum atomic E-state index is 13.7. The highest BCUT2D eigenvalue weighted by atomic mass is 35.5. The molecule has 88 valence electrons. The third kappa shape index (κ3) is 1.94. The minimum absolute atomic E-state index is 0.177. The lowest BCUT2D eigenvalue weighted by Crippen LogP contribution is -2.03. The molecule has 0 aliphatic carbocycles. The van der Waals surface area contributed by atoms with Crippen LogP contribution in [0.25, 0.3) is 0 Å². The number of aryl methyl sites for hydroxylation is 1. The molecule has 1 aliphatic heterocycles. The molecule has 0 saturated heterocycles. The highest BCUT2D eigenvalue weighted by Crippen LogP contribution is 2.39. The van der Waals surface area contributed by atoms with Crippen LogP contribution in [0.3, 0.4) is 0 Å². The van der Waals surface area contributed by atoms with Crippen molar-refractivity contribution >= 4 is 28.6 Å². The van der Waals surface area contributed by atoms with Gasteiger partial charge in [0.2, 0.25) is 0 Å². The van der Waals surface area contributed by atoms with Gasteiger partial charge in [0.25, 0.3) is 0 Å². The summed E-state index contributed by atoms with van der Waals surface area (Å²) in [6, 6.07) is 7.57. The summed E-state index contributed by atoms with van der Waals surface area (Å²) < 4.78 is 13.7. The summed E-state index contributed by atoms with van der Waals surface area (Å²) >= 11 is 7.61. The first-order valence-corrected chi connectivity index (χ1v) is 6.64. The molecule has 1 nitrogen and oxygen atoms in total. The summed E-state index contributed by atoms with van der Waals surface area (Å²) in [4.78, 5) is 2.52. The predicted molar refractivity (Wildman–Crippen MR) is 70.5 cm³/mol. The average molecular weight is 268 g/mol. The second-order valence-electron chi connectivity index (χ2n) is 4.27. The maximum absolute atomic E-state index is 13.7. The van der Waals surface area contributed by atoms with E-state index in [-0.39, 0.29) is 11.9 Å². The van der Waals surface area contributed by atoms with Gasteiger partial charge in [0, 0.05) is 14.8 Å². The standard InChI is InChI=1S/C13H11ClFNS/c1-7-2-3-12(17-7)11-5-8-4-9(14)6-10(15)13(8)16-11/h2-4,6,11,16H,5H2,1H3. The Morgan fingerprint density at radius 1 is 1.41 bits per heavy atom. The first kappa shape index (κ1) is 11.1. The van der Waals surface area contributed by atoms with Crippen molar-refractivity contribution in [2.75, 3.05) is 5.32 Å². The third-order valence-corrected chi connectivity index (χ3v) is 4.32. The van der Waals surface area contributed by atoms with Crippen LogP contribution in [0, 0.1) is 12.7 Å². The van der Waals surface area contributed by atoms with Crippen LogP contribution in [-0.2, 0) is 6.42 Å². The van der Waals surface area contributed by atoms with Crippen LogP contribution in [0.2, 0.25) is 5.02 Å². The number of benzene rings is 1. The monoisotopic (exact) mass is 267 g/mol. The van der Waals surface area contributed by atoms with Crippen LogP contribution >= 0.6 is 22.9 Å². The molecule has 17 heavy (non-hydrogen) atoms. The Morgan fingerprint density at radius 2 is 2.24 bits per heavy atom. The molecule has 4 heteroatoms. The van der Waals surface area contributed by atoms with Crippen LogP contribution in [0.5, 0.6) is 0 Å². The van der Waals surface area contributed by atoms with Crippen molar-refractivity contribution in [3.63, 3.8) is 0 Å². The molecule has 0 amide bonds. The van der Waals surface area contributed by atoms with Gasteiger partial charge in [0.15, 0.2) is 0 Å². The Kier molecular flexibility index (Phi) is 2.60. The number of halogens is 2. The lowest BCUT2D eigenvalue weighted by molar-refractivity contribution is 0.631. The summed E-state index contributed by atoms with van der Waals surface area (Å²) in [7, 11) is 0. The zero-order valence-electron chi connectivity index (χ0n) is 9.26. The molecule has 1 aromatic heterocycles. The minimum Gasteiger partial charge on any atom is -0.374 e.